The average Bonchev–Trinajstić information content (AvgIpc) is 3.06. The van der Waals surface area contributed by atoms with Gasteiger partial charge in [-0.05, 0) is 18.2 Å². The van der Waals surface area contributed by atoms with Gasteiger partial charge in [0, 0.05) is 24.8 Å². The SMILES string of the molecule is COCc1ccccc1NC(=O)C1CC(c2c(F)cccc2F)=NO1. The summed E-state index contributed by atoms with van der Waals surface area (Å²) in [6, 6.07) is 10.7. The van der Waals surface area contributed by atoms with Crippen LogP contribution in [0.2, 0.25) is 0 Å². The summed E-state index contributed by atoms with van der Waals surface area (Å²) in [4.78, 5) is 17.5. The molecule has 0 spiro atoms. The van der Waals surface area contributed by atoms with Crippen LogP contribution in [0.25, 0.3) is 0 Å². The van der Waals surface area contributed by atoms with Crippen LogP contribution in [0.3, 0.4) is 0 Å². The monoisotopic (exact) mass is 346 g/mol. The van der Waals surface area contributed by atoms with E-state index in [1.165, 1.54) is 6.07 Å². The largest absolute Gasteiger partial charge is 0.382 e. The normalized spacial score (nSPS) is 16.3. The first-order valence-corrected chi connectivity index (χ1v) is 7.65. The minimum absolute atomic E-state index is 0.0177. The molecule has 7 heteroatoms. The number of para-hydroxylation sites is 1. The molecule has 2 aromatic carbocycles. The molecule has 0 saturated carbocycles. The lowest BCUT2D eigenvalue weighted by Gasteiger charge is -2.13. The highest BCUT2D eigenvalue weighted by Crippen LogP contribution is 2.23. The van der Waals surface area contributed by atoms with Crippen molar-refractivity contribution < 1.29 is 23.1 Å². The fourth-order valence-electron chi connectivity index (χ4n) is 2.58. The summed E-state index contributed by atoms with van der Waals surface area (Å²) in [6.45, 7) is 0.337. The number of methoxy groups -OCH3 is 1. The third-order valence-electron chi connectivity index (χ3n) is 3.79. The van der Waals surface area contributed by atoms with E-state index in [0.717, 1.165) is 17.7 Å². The Morgan fingerprint density at radius 3 is 2.68 bits per heavy atom. The van der Waals surface area contributed by atoms with Crippen LogP contribution < -0.4 is 5.32 Å². The van der Waals surface area contributed by atoms with E-state index in [9.17, 15) is 13.6 Å². The van der Waals surface area contributed by atoms with Gasteiger partial charge >= 0.3 is 0 Å². The number of rotatable bonds is 5. The Morgan fingerprint density at radius 2 is 1.96 bits per heavy atom. The van der Waals surface area contributed by atoms with Crippen molar-refractivity contribution in [3.8, 4) is 0 Å². The van der Waals surface area contributed by atoms with Crippen LogP contribution in [0.1, 0.15) is 17.5 Å². The lowest BCUT2D eigenvalue weighted by Crippen LogP contribution is -2.28. The van der Waals surface area contributed by atoms with Gasteiger partial charge in [0.25, 0.3) is 5.91 Å². The zero-order chi connectivity index (χ0) is 17.8. The van der Waals surface area contributed by atoms with E-state index in [1.54, 1.807) is 19.2 Å². The molecule has 1 aliphatic rings. The average molecular weight is 346 g/mol. The van der Waals surface area contributed by atoms with Crippen LogP contribution in [0, 0.1) is 11.6 Å². The van der Waals surface area contributed by atoms with Gasteiger partial charge in [0.15, 0.2) is 0 Å². The summed E-state index contributed by atoms with van der Waals surface area (Å²) >= 11 is 0. The molecule has 0 bridgehead atoms. The number of carbonyl (C=O) groups excluding carboxylic acids is 1. The third kappa shape index (κ3) is 3.66. The predicted molar refractivity (Wildman–Crippen MR) is 88.2 cm³/mol. The van der Waals surface area contributed by atoms with E-state index < -0.39 is 23.6 Å². The molecule has 1 unspecified atom stereocenters. The minimum Gasteiger partial charge on any atom is -0.382 e. The lowest BCUT2D eigenvalue weighted by molar-refractivity contribution is -0.125. The number of ether oxygens (including phenoxy) is 1. The number of oxime groups is 1. The van der Waals surface area contributed by atoms with Crippen LogP contribution in [0.4, 0.5) is 14.5 Å². The van der Waals surface area contributed by atoms with E-state index in [1.807, 2.05) is 12.1 Å². The Balaban J connectivity index is 1.70. The van der Waals surface area contributed by atoms with Crippen molar-refractivity contribution in [3.05, 3.63) is 65.2 Å². The highest BCUT2D eigenvalue weighted by Gasteiger charge is 2.31. The molecule has 1 amide bonds. The number of hydrogen-bond donors (Lipinski definition) is 1. The van der Waals surface area contributed by atoms with E-state index in [4.69, 9.17) is 9.57 Å². The quantitative estimate of drug-likeness (QED) is 0.904. The number of nitrogens with zero attached hydrogens (tertiary/aromatic N) is 1. The minimum atomic E-state index is -0.954. The zero-order valence-electron chi connectivity index (χ0n) is 13.5. The second-order valence-electron chi connectivity index (χ2n) is 5.51. The Labute approximate surface area is 143 Å². The van der Waals surface area contributed by atoms with Crippen molar-refractivity contribution in [2.75, 3.05) is 12.4 Å². The number of benzene rings is 2. The van der Waals surface area contributed by atoms with E-state index >= 15 is 0 Å². The van der Waals surface area contributed by atoms with Crippen LogP contribution in [-0.2, 0) is 21.0 Å². The van der Waals surface area contributed by atoms with Gasteiger partial charge < -0.3 is 14.9 Å². The molecule has 3 rings (SSSR count). The molecule has 0 radical (unpaired) electrons. The standard InChI is InChI=1S/C18H16F2N2O3/c1-24-10-11-5-2-3-8-14(11)21-18(23)16-9-15(22-25-16)17-12(19)6-4-7-13(17)20/h2-8,16H,9-10H2,1H3,(H,21,23). The maximum Gasteiger partial charge on any atom is 0.268 e. The van der Waals surface area contributed by atoms with Gasteiger partial charge in [-0.25, -0.2) is 8.78 Å². The Kier molecular flexibility index (Phi) is 5.04. The van der Waals surface area contributed by atoms with E-state index in [0.29, 0.717) is 12.3 Å². The van der Waals surface area contributed by atoms with Crippen molar-refractivity contribution in [1.82, 2.24) is 0 Å². The first kappa shape index (κ1) is 17.0. The van der Waals surface area contributed by atoms with Crippen LogP contribution in [0.5, 0.6) is 0 Å². The summed E-state index contributed by atoms with van der Waals surface area (Å²) in [6.07, 6.45) is -0.972. The molecule has 2 aromatic rings. The summed E-state index contributed by atoms with van der Waals surface area (Å²) < 4.78 is 32.7. The first-order valence-electron chi connectivity index (χ1n) is 7.65. The van der Waals surface area contributed by atoms with Crippen molar-refractivity contribution in [3.63, 3.8) is 0 Å². The van der Waals surface area contributed by atoms with Crippen molar-refractivity contribution >= 4 is 17.3 Å². The lowest BCUT2D eigenvalue weighted by atomic mass is 10.0. The molecule has 0 fully saturated rings. The fourth-order valence-corrected chi connectivity index (χ4v) is 2.58. The summed E-state index contributed by atoms with van der Waals surface area (Å²) in [7, 11) is 1.56. The van der Waals surface area contributed by atoms with E-state index in [2.05, 4.69) is 10.5 Å². The van der Waals surface area contributed by atoms with Gasteiger partial charge in [-0.1, -0.05) is 29.4 Å². The van der Waals surface area contributed by atoms with Crippen molar-refractivity contribution in [2.45, 2.75) is 19.1 Å². The molecule has 130 valence electrons. The molecule has 0 saturated heterocycles. The third-order valence-corrected chi connectivity index (χ3v) is 3.79. The molecule has 5 nitrogen and oxygen atoms in total. The Morgan fingerprint density at radius 1 is 1.24 bits per heavy atom. The maximum absolute atomic E-state index is 13.8. The molecule has 1 aliphatic heterocycles. The molecular weight excluding hydrogens is 330 g/mol. The van der Waals surface area contributed by atoms with Crippen LogP contribution in [0.15, 0.2) is 47.6 Å². The maximum atomic E-state index is 13.8. The number of hydrogen-bond acceptors (Lipinski definition) is 4. The van der Waals surface area contributed by atoms with Gasteiger partial charge in [-0.2, -0.15) is 0 Å². The van der Waals surface area contributed by atoms with Gasteiger partial charge in [0.05, 0.1) is 17.9 Å². The van der Waals surface area contributed by atoms with Crippen molar-refractivity contribution in [2.24, 2.45) is 5.16 Å². The van der Waals surface area contributed by atoms with Gasteiger partial charge in [0.2, 0.25) is 6.10 Å². The highest BCUT2D eigenvalue weighted by molar-refractivity contribution is 6.06. The topological polar surface area (TPSA) is 59.9 Å². The smallest absolute Gasteiger partial charge is 0.268 e. The number of amides is 1. The molecule has 1 atom stereocenters. The molecule has 0 aliphatic carbocycles. The molecule has 1 heterocycles. The van der Waals surface area contributed by atoms with Gasteiger partial charge in [-0.3, -0.25) is 4.79 Å². The summed E-state index contributed by atoms with van der Waals surface area (Å²) in [5.74, 6) is -1.93. The second kappa shape index (κ2) is 7.40. The van der Waals surface area contributed by atoms with E-state index in [-0.39, 0.29) is 17.7 Å². The Bertz CT molecular complexity index is 803. The fraction of sp³-hybridized carbons (Fsp3) is 0.222. The first-order chi connectivity index (χ1) is 12.1. The molecular formula is C18H16F2N2O3. The predicted octanol–water partition coefficient (Wildman–Crippen LogP) is 3.24. The number of halogens is 2. The Hall–Kier alpha value is -2.80. The number of nitrogens with one attached hydrogen (secondary N) is 1. The second-order valence-corrected chi connectivity index (χ2v) is 5.51. The van der Waals surface area contributed by atoms with Gasteiger partial charge in [-0.15, -0.1) is 0 Å². The van der Waals surface area contributed by atoms with Crippen LogP contribution in [-0.4, -0.2) is 24.8 Å². The molecule has 0 aromatic heterocycles. The van der Waals surface area contributed by atoms with Gasteiger partial charge in [0.1, 0.15) is 11.6 Å². The molecule has 25 heavy (non-hydrogen) atoms. The number of carbonyl (C=O) groups is 1. The number of anilines is 1. The highest BCUT2D eigenvalue weighted by atomic mass is 19.1. The summed E-state index contributed by atoms with van der Waals surface area (Å²) in [5.41, 5.74) is 1.19. The van der Waals surface area contributed by atoms with Crippen molar-refractivity contribution in [1.29, 1.82) is 0 Å². The zero-order valence-corrected chi connectivity index (χ0v) is 13.5. The van der Waals surface area contributed by atoms with Crippen LogP contribution >= 0.6 is 0 Å². The summed E-state index contributed by atoms with van der Waals surface area (Å²) in [5, 5.41) is 6.42. The molecule has 1 N–H and O–H groups in total.